The first-order valence-corrected chi connectivity index (χ1v) is 7.15. The van der Waals surface area contributed by atoms with E-state index in [1.165, 1.54) is 6.07 Å². The van der Waals surface area contributed by atoms with Crippen LogP contribution in [0, 0.1) is 11.6 Å². The highest BCUT2D eigenvalue weighted by molar-refractivity contribution is 5.85. The van der Waals surface area contributed by atoms with Crippen molar-refractivity contribution in [2.75, 3.05) is 19.6 Å². The molecule has 0 radical (unpaired) electrons. The largest absolute Gasteiger partial charge is 0.355 e. The van der Waals surface area contributed by atoms with Gasteiger partial charge in [0.25, 0.3) is 0 Å². The van der Waals surface area contributed by atoms with Crippen LogP contribution in [0.3, 0.4) is 0 Å². The van der Waals surface area contributed by atoms with Crippen LogP contribution in [0.2, 0.25) is 0 Å². The predicted octanol–water partition coefficient (Wildman–Crippen LogP) is 1.26. The average molecular weight is 313 g/mol. The maximum Gasteiger partial charge on any atom is 0.239 e. The molecule has 122 valence electrons. The number of carbonyl (C=O) groups excluding carboxylic acids is 2. The summed E-state index contributed by atoms with van der Waals surface area (Å²) in [5, 5.41) is 7.91. The second-order valence-corrected chi connectivity index (χ2v) is 4.90. The molecule has 1 aromatic rings. The van der Waals surface area contributed by atoms with E-state index in [1.807, 2.05) is 6.92 Å². The molecule has 1 atom stereocenters. The molecule has 0 spiro atoms. The summed E-state index contributed by atoms with van der Waals surface area (Å²) in [6.45, 7) is 3.99. The van der Waals surface area contributed by atoms with Crippen molar-refractivity contribution in [3.8, 4) is 0 Å². The Balaban J connectivity index is 2.35. The zero-order valence-corrected chi connectivity index (χ0v) is 12.7. The van der Waals surface area contributed by atoms with Crippen molar-refractivity contribution in [1.29, 1.82) is 0 Å². The molecule has 0 bridgehead atoms. The lowest BCUT2D eigenvalue weighted by Gasteiger charge is -2.15. The van der Waals surface area contributed by atoms with Gasteiger partial charge in [-0.3, -0.25) is 9.59 Å². The molecule has 7 heteroatoms. The van der Waals surface area contributed by atoms with E-state index in [1.54, 1.807) is 6.92 Å². The van der Waals surface area contributed by atoms with Gasteiger partial charge in [0.05, 0.1) is 13.1 Å². The lowest BCUT2D eigenvalue weighted by Crippen LogP contribution is -2.41. The van der Waals surface area contributed by atoms with Gasteiger partial charge in [-0.25, -0.2) is 8.78 Å². The molecule has 2 amide bonds. The summed E-state index contributed by atoms with van der Waals surface area (Å²) in [4.78, 5) is 22.9. The molecule has 3 N–H and O–H groups in total. The van der Waals surface area contributed by atoms with Crippen molar-refractivity contribution in [3.63, 3.8) is 0 Å². The highest BCUT2D eigenvalue weighted by Crippen LogP contribution is 2.17. The first kappa shape index (κ1) is 18.0. The fourth-order valence-corrected chi connectivity index (χ4v) is 1.78. The van der Waals surface area contributed by atoms with Crippen molar-refractivity contribution in [3.05, 3.63) is 35.4 Å². The number of rotatable bonds is 8. The molecule has 0 fully saturated rings. The van der Waals surface area contributed by atoms with E-state index in [2.05, 4.69) is 16.0 Å². The number of hydrogen-bond donors (Lipinski definition) is 3. The van der Waals surface area contributed by atoms with Crippen LogP contribution in [0.4, 0.5) is 8.78 Å². The van der Waals surface area contributed by atoms with Gasteiger partial charge in [-0.15, -0.1) is 0 Å². The number of benzene rings is 1. The van der Waals surface area contributed by atoms with Crippen LogP contribution in [0.15, 0.2) is 18.2 Å². The molecule has 0 aromatic heterocycles. The molecule has 5 nitrogen and oxygen atoms in total. The van der Waals surface area contributed by atoms with Gasteiger partial charge < -0.3 is 16.0 Å². The monoisotopic (exact) mass is 313 g/mol. The summed E-state index contributed by atoms with van der Waals surface area (Å²) in [7, 11) is 0. The van der Waals surface area contributed by atoms with Gasteiger partial charge in [0.15, 0.2) is 0 Å². The van der Waals surface area contributed by atoms with Gasteiger partial charge in [-0.2, -0.15) is 0 Å². The minimum absolute atomic E-state index is 0.0704. The Morgan fingerprint density at radius 3 is 2.45 bits per heavy atom. The van der Waals surface area contributed by atoms with Crippen LogP contribution >= 0.6 is 0 Å². The maximum absolute atomic E-state index is 13.6. The first-order valence-electron chi connectivity index (χ1n) is 7.15. The second-order valence-electron chi connectivity index (χ2n) is 4.90. The number of carbonyl (C=O) groups is 2. The molecule has 0 aliphatic heterocycles. The van der Waals surface area contributed by atoms with E-state index >= 15 is 0 Å². The number of halogens is 2. The van der Waals surface area contributed by atoms with Crippen LogP contribution in [-0.4, -0.2) is 31.4 Å². The highest BCUT2D eigenvalue weighted by Gasteiger charge is 2.13. The SMILES string of the molecule is CCCNC(=O)CNC(=O)CN[C@H](C)c1ccc(F)cc1F. The first-order chi connectivity index (χ1) is 10.4. The summed E-state index contributed by atoms with van der Waals surface area (Å²) in [6.07, 6.45) is 0.821. The van der Waals surface area contributed by atoms with E-state index < -0.39 is 17.7 Å². The molecule has 0 saturated heterocycles. The van der Waals surface area contributed by atoms with Gasteiger partial charge in [-0.1, -0.05) is 13.0 Å². The minimum Gasteiger partial charge on any atom is -0.355 e. The normalized spacial score (nSPS) is 11.8. The van der Waals surface area contributed by atoms with E-state index in [9.17, 15) is 18.4 Å². The third-order valence-corrected chi connectivity index (χ3v) is 3.02. The Labute approximate surface area is 128 Å². The molecule has 0 aliphatic carbocycles. The van der Waals surface area contributed by atoms with Crippen LogP contribution < -0.4 is 16.0 Å². The highest BCUT2D eigenvalue weighted by atomic mass is 19.1. The second kappa shape index (κ2) is 9.09. The van der Waals surface area contributed by atoms with Crippen molar-refractivity contribution < 1.29 is 18.4 Å². The van der Waals surface area contributed by atoms with Crippen LogP contribution in [0.5, 0.6) is 0 Å². The van der Waals surface area contributed by atoms with Crippen LogP contribution in [0.25, 0.3) is 0 Å². The Bertz CT molecular complexity index is 524. The minimum atomic E-state index is -0.667. The van der Waals surface area contributed by atoms with Crippen LogP contribution in [0.1, 0.15) is 31.9 Å². The van der Waals surface area contributed by atoms with E-state index in [-0.39, 0.29) is 30.5 Å². The van der Waals surface area contributed by atoms with Gasteiger partial charge in [0, 0.05) is 24.2 Å². The summed E-state index contributed by atoms with van der Waals surface area (Å²) in [5.41, 5.74) is 0.273. The molecule has 0 heterocycles. The van der Waals surface area contributed by atoms with Gasteiger partial charge in [-0.05, 0) is 19.4 Å². The molecule has 0 saturated carbocycles. The lowest BCUT2D eigenvalue weighted by atomic mass is 10.1. The smallest absolute Gasteiger partial charge is 0.239 e. The Morgan fingerprint density at radius 1 is 1.14 bits per heavy atom. The zero-order chi connectivity index (χ0) is 16.5. The number of amides is 2. The van der Waals surface area contributed by atoms with Gasteiger partial charge in [0.2, 0.25) is 11.8 Å². The number of hydrogen-bond acceptors (Lipinski definition) is 3. The molecule has 0 unspecified atom stereocenters. The predicted molar refractivity (Wildman–Crippen MR) is 79.1 cm³/mol. The van der Waals surface area contributed by atoms with E-state index in [4.69, 9.17) is 0 Å². The fourth-order valence-electron chi connectivity index (χ4n) is 1.78. The average Bonchev–Trinajstić information content (AvgIpc) is 2.48. The van der Waals surface area contributed by atoms with Gasteiger partial charge in [0.1, 0.15) is 11.6 Å². The van der Waals surface area contributed by atoms with E-state index in [0.717, 1.165) is 18.6 Å². The zero-order valence-electron chi connectivity index (χ0n) is 12.7. The fraction of sp³-hybridized carbons (Fsp3) is 0.467. The molecular weight excluding hydrogens is 292 g/mol. The van der Waals surface area contributed by atoms with Crippen molar-refractivity contribution in [1.82, 2.24) is 16.0 Å². The Morgan fingerprint density at radius 2 is 1.82 bits per heavy atom. The quantitative estimate of drug-likeness (QED) is 0.677. The summed E-state index contributed by atoms with van der Waals surface area (Å²) >= 11 is 0. The standard InChI is InChI=1S/C15H21F2N3O2/c1-3-6-18-14(21)9-20-15(22)8-19-10(2)12-5-4-11(16)7-13(12)17/h4-5,7,10,19H,3,6,8-9H2,1-2H3,(H,18,21)(H,20,22)/t10-/m1/s1. The molecule has 0 aliphatic rings. The van der Waals surface area contributed by atoms with E-state index in [0.29, 0.717) is 6.54 Å². The Kier molecular flexibility index (Phi) is 7.45. The Hall–Kier alpha value is -2.02. The van der Waals surface area contributed by atoms with Crippen molar-refractivity contribution in [2.24, 2.45) is 0 Å². The molecular formula is C15H21F2N3O2. The summed E-state index contributed by atoms with van der Waals surface area (Å²) in [5.74, 6) is -1.95. The van der Waals surface area contributed by atoms with Crippen molar-refractivity contribution >= 4 is 11.8 Å². The topological polar surface area (TPSA) is 70.2 Å². The molecule has 1 rings (SSSR count). The maximum atomic E-state index is 13.6. The third-order valence-electron chi connectivity index (χ3n) is 3.02. The summed E-state index contributed by atoms with van der Waals surface area (Å²) < 4.78 is 26.4. The molecule has 1 aromatic carbocycles. The van der Waals surface area contributed by atoms with Crippen LogP contribution in [-0.2, 0) is 9.59 Å². The lowest BCUT2D eigenvalue weighted by molar-refractivity contribution is -0.125. The number of nitrogens with one attached hydrogen (secondary N) is 3. The van der Waals surface area contributed by atoms with Crippen molar-refractivity contribution in [2.45, 2.75) is 26.3 Å². The third kappa shape index (κ3) is 6.17. The molecule has 22 heavy (non-hydrogen) atoms. The summed E-state index contributed by atoms with van der Waals surface area (Å²) in [6, 6.07) is 2.83. The van der Waals surface area contributed by atoms with Gasteiger partial charge >= 0.3 is 0 Å².